The van der Waals surface area contributed by atoms with Crippen molar-refractivity contribution in [1.29, 1.82) is 0 Å². The summed E-state index contributed by atoms with van der Waals surface area (Å²) >= 11 is 3.73. The first-order valence-corrected chi connectivity index (χ1v) is 10.0. The fourth-order valence-electron chi connectivity index (χ4n) is 1.99. The van der Waals surface area contributed by atoms with E-state index in [2.05, 4.69) is 79.1 Å². The Morgan fingerprint density at radius 1 is 0.565 bits per heavy atom. The SMILES string of the molecule is CSc1ccccc1.c1ccc(CSCc2ccccc2)cc1. The van der Waals surface area contributed by atoms with Crippen molar-refractivity contribution in [3.05, 3.63) is 102 Å². The van der Waals surface area contributed by atoms with Gasteiger partial charge in [0.25, 0.3) is 0 Å². The first-order valence-electron chi connectivity index (χ1n) is 7.63. The summed E-state index contributed by atoms with van der Waals surface area (Å²) in [5, 5.41) is 0. The second-order valence-corrected chi connectivity index (χ2v) is 6.85. The van der Waals surface area contributed by atoms with Crippen LogP contribution in [0.1, 0.15) is 11.1 Å². The van der Waals surface area contributed by atoms with E-state index < -0.39 is 0 Å². The van der Waals surface area contributed by atoms with Crippen molar-refractivity contribution in [2.75, 3.05) is 6.26 Å². The number of thioether (sulfide) groups is 2. The zero-order valence-electron chi connectivity index (χ0n) is 13.4. The van der Waals surface area contributed by atoms with E-state index in [0.29, 0.717) is 0 Å². The summed E-state index contributed by atoms with van der Waals surface area (Å²) in [5.41, 5.74) is 2.80. The molecule has 0 fully saturated rings. The Morgan fingerprint density at radius 2 is 0.957 bits per heavy atom. The average molecular weight is 339 g/mol. The zero-order chi connectivity index (χ0) is 16.2. The lowest BCUT2D eigenvalue weighted by Gasteiger charge is -2.01. The maximum atomic E-state index is 2.18. The molecule has 0 unspecified atom stereocenters. The fraction of sp³-hybridized carbons (Fsp3) is 0.143. The lowest BCUT2D eigenvalue weighted by atomic mass is 10.2. The van der Waals surface area contributed by atoms with Gasteiger partial charge in [-0.25, -0.2) is 0 Å². The van der Waals surface area contributed by atoms with Gasteiger partial charge in [-0.2, -0.15) is 11.8 Å². The van der Waals surface area contributed by atoms with Crippen LogP contribution in [0.15, 0.2) is 95.9 Å². The predicted molar refractivity (Wildman–Crippen MR) is 106 cm³/mol. The minimum atomic E-state index is 1.09. The normalized spacial score (nSPS) is 9.78. The van der Waals surface area contributed by atoms with Gasteiger partial charge in [0, 0.05) is 16.4 Å². The van der Waals surface area contributed by atoms with E-state index in [9.17, 15) is 0 Å². The quantitative estimate of drug-likeness (QED) is 0.485. The second-order valence-electron chi connectivity index (χ2n) is 4.98. The molecule has 0 aliphatic heterocycles. The monoisotopic (exact) mass is 338 g/mol. The van der Waals surface area contributed by atoms with Gasteiger partial charge in [0.1, 0.15) is 0 Å². The molecule has 3 aromatic carbocycles. The third-order valence-corrected chi connectivity index (χ3v) is 5.02. The molecule has 0 heterocycles. The van der Waals surface area contributed by atoms with Crippen molar-refractivity contribution in [2.24, 2.45) is 0 Å². The molecule has 3 rings (SSSR count). The van der Waals surface area contributed by atoms with Gasteiger partial charge in [-0.3, -0.25) is 0 Å². The molecule has 0 N–H and O–H groups in total. The molecule has 0 aromatic heterocycles. The van der Waals surface area contributed by atoms with Gasteiger partial charge in [-0.1, -0.05) is 78.9 Å². The van der Waals surface area contributed by atoms with Crippen molar-refractivity contribution in [3.63, 3.8) is 0 Å². The highest BCUT2D eigenvalue weighted by Crippen LogP contribution is 2.17. The van der Waals surface area contributed by atoms with Crippen LogP contribution >= 0.6 is 23.5 Å². The number of hydrogen-bond donors (Lipinski definition) is 0. The van der Waals surface area contributed by atoms with Crippen molar-refractivity contribution in [3.8, 4) is 0 Å². The minimum absolute atomic E-state index is 1.09. The molecule has 0 saturated carbocycles. The summed E-state index contributed by atoms with van der Waals surface area (Å²) in [7, 11) is 0. The highest BCUT2D eigenvalue weighted by molar-refractivity contribution is 7.98. The Balaban J connectivity index is 0.000000203. The van der Waals surface area contributed by atoms with Gasteiger partial charge in [-0.15, -0.1) is 11.8 Å². The van der Waals surface area contributed by atoms with Gasteiger partial charge in [0.05, 0.1) is 0 Å². The molecule has 3 aromatic rings. The molecule has 0 saturated heterocycles. The Morgan fingerprint density at radius 3 is 1.30 bits per heavy atom. The van der Waals surface area contributed by atoms with E-state index >= 15 is 0 Å². The van der Waals surface area contributed by atoms with E-state index in [4.69, 9.17) is 0 Å². The van der Waals surface area contributed by atoms with E-state index in [-0.39, 0.29) is 0 Å². The van der Waals surface area contributed by atoms with E-state index in [0.717, 1.165) is 11.5 Å². The smallest absolute Gasteiger partial charge is 0.0187 e. The summed E-state index contributed by atoms with van der Waals surface area (Å²) < 4.78 is 0. The summed E-state index contributed by atoms with van der Waals surface area (Å²) in [6, 6.07) is 31.5. The van der Waals surface area contributed by atoms with Crippen molar-refractivity contribution in [1.82, 2.24) is 0 Å². The van der Waals surface area contributed by atoms with Crippen molar-refractivity contribution in [2.45, 2.75) is 16.4 Å². The molecule has 0 amide bonds. The summed E-state index contributed by atoms with van der Waals surface area (Å²) in [6.07, 6.45) is 2.08. The number of rotatable bonds is 5. The van der Waals surface area contributed by atoms with Gasteiger partial charge in [0.15, 0.2) is 0 Å². The van der Waals surface area contributed by atoms with Crippen LogP contribution in [0.2, 0.25) is 0 Å². The predicted octanol–water partition coefficient (Wildman–Crippen LogP) is 6.53. The molecule has 0 atom stereocenters. The van der Waals surface area contributed by atoms with Crippen LogP contribution in [-0.2, 0) is 11.5 Å². The van der Waals surface area contributed by atoms with Crippen LogP contribution in [0, 0.1) is 0 Å². The number of hydrogen-bond acceptors (Lipinski definition) is 2. The highest BCUT2D eigenvalue weighted by Gasteiger charge is 1.93. The summed E-state index contributed by atoms with van der Waals surface area (Å²) in [5.74, 6) is 2.19. The third kappa shape index (κ3) is 7.45. The fourth-order valence-corrected chi connectivity index (χ4v) is 3.38. The minimum Gasteiger partial charge on any atom is -0.152 e. The zero-order valence-corrected chi connectivity index (χ0v) is 15.0. The molecule has 0 bridgehead atoms. The molecule has 0 nitrogen and oxygen atoms in total. The Labute approximate surface area is 148 Å². The molecule has 0 spiro atoms. The largest absolute Gasteiger partial charge is 0.152 e. The molecule has 0 radical (unpaired) electrons. The van der Waals surface area contributed by atoms with Crippen LogP contribution in [0.3, 0.4) is 0 Å². The van der Waals surface area contributed by atoms with Crippen LogP contribution < -0.4 is 0 Å². The molecule has 2 heteroatoms. The Bertz CT molecular complexity index is 597. The van der Waals surface area contributed by atoms with Gasteiger partial charge >= 0.3 is 0 Å². The van der Waals surface area contributed by atoms with Crippen molar-refractivity contribution < 1.29 is 0 Å². The Hall–Kier alpha value is -1.64. The molecular weight excluding hydrogens is 316 g/mol. The maximum absolute atomic E-state index is 2.18. The standard InChI is InChI=1S/C14H14S.C7H8S/c1-3-7-13(8-4-1)11-15-12-14-9-5-2-6-10-14;1-8-7-5-3-2-4-6-7/h1-10H,11-12H2;2-6H,1H3. The lowest BCUT2D eigenvalue weighted by molar-refractivity contribution is 1.36. The van der Waals surface area contributed by atoms with E-state index in [1.807, 2.05) is 30.0 Å². The molecule has 23 heavy (non-hydrogen) atoms. The summed E-state index contributed by atoms with van der Waals surface area (Å²) in [4.78, 5) is 1.33. The highest BCUT2D eigenvalue weighted by atomic mass is 32.2. The van der Waals surface area contributed by atoms with E-state index in [1.165, 1.54) is 16.0 Å². The van der Waals surface area contributed by atoms with Crippen molar-refractivity contribution >= 4 is 23.5 Å². The average Bonchev–Trinajstić information content (AvgIpc) is 2.65. The molecule has 0 aliphatic rings. The maximum Gasteiger partial charge on any atom is 0.0187 e. The van der Waals surface area contributed by atoms with Crippen LogP contribution in [0.4, 0.5) is 0 Å². The first-order chi connectivity index (χ1) is 11.4. The second kappa shape index (κ2) is 11.0. The third-order valence-electron chi connectivity index (χ3n) is 3.20. The number of benzene rings is 3. The van der Waals surface area contributed by atoms with Gasteiger partial charge < -0.3 is 0 Å². The first kappa shape index (κ1) is 17.7. The Kier molecular flexibility index (Phi) is 8.46. The van der Waals surface area contributed by atoms with Crippen LogP contribution in [0.5, 0.6) is 0 Å². The van der Waals surface area contributed by atoms with E-state index in [1.54, 1.807) is 11.8 Å². The molecular formula is C21H22S2. The van der Waals surface area contributed by atoms with Gasteiger partial charge in [0.2, 0.25) is 0 Å². The molecule has 0 aliphatic carbocycles. The van der Waals surface area contributed by atoms with Crippen LogP contribution in [-0.4, -0.2) is 6.26 Å². The van der Waals surface area contributed by atoms with Crippen LogP contribution in [0.25, 0.3) is 0 Å². The molecule has 118 valence electrons. The lowest BCUT2D eigenvalue weighted by Crippen LogP contribution is -1.82. The summed E-state index contributed by atoms with van der Waals surface area (Å²) in [6.45, 7) is 0. The topological polar surface area (TPSA) is 0 Å². The van der Waals surface area contributed by atoms with Gasteiger partial charge in [-0.05, 0) is 29.5 Å².